The molecule has 0 aliphatic heterocycles. The molecule has 2 N–H and O–H groups in total. The van der Waals surface area contributed by atoms with Crippen LogP contribution in [0.4, 0.5) is 0 Å². The summed E-state index contributed by atoms with van der Waals surface area (Å²) in [7, 11) is 0. The van der Waals surface area contributed by atoms with E-state index in [1.165, 1.54) is 6.20 Å². The summed E-state index contributed by atoms with van der Waals surface area (Å²) < 4.78 is 0. The van der Waals surface area contributed by atoms with Gasteiger partial charge in [-0.3, -0.25) is 4.79 Å². The Labute approximate surface area is 199 Å². The summed E-state index contributed by atoms with van der Waals surface area (Å²) in [6.45, 7) is 0. The minimum atomic E-state index is -0.664. The van der Waals surface area contributed by atoms with Crippen molar-refractivity contribution in [2.24, 2.45) is 23.7 Å². The van der Waals surface area contributed by atoms with Crippen LogP contribution in [-0.4, -0.2) is 36.0 Å². The molecular weight excluding hydrogens is 458 g/mol. The molecule has 0 radical (unpaired) electrons. The molecule has 0 aromatic carbocycles. The number of thiophene rings is 1. The van der Waals surface area contributed by atoms with Crippen molar-refractivity contribution in [1.82, 2.24) is 24.9 Å². The number of rotatable bonds is 5. The molecule has 7 rings (SSSR count). The largest absolute Gasteiger partial charge is 0.481 e. The zero-order valence-electron chi connectivity index (χ0n) is 17.7. The third-order valence-corrected chi connectivity index (χ3v) is 8.17. The molecule has 3 aliphatic carbocycles. The SMILES string of the molecule is O=C(O)[C@H]1C2CCC(CC2)[C@@H]1Cc1cc(-c2ccsc2)nc(-c2c[nH]c3ncc(Cl)nc23)n1. The van der Waals surface area contributed by atoms with E-state index < -0.39 is 5.97 Å². The summed E-state index contributed by atoms with van der Waals surface area (Å²) in [4.78, 5) is 33.8. The Balaban J connectivity index is 1.45. The maximum absolute atomic E-state index is 12.2. The molecule has 7 nitrogen and oxygen atoms in total. The highest BCUT2D eigenvalue weighted by molar-refractivity contribution is 7.08. The highest BCUT2D eigenvalue weighted by atomic mass is 35.5. The van der Waals surface area contributed by atoms with Crippen LogP contribution in [0.15, 0.2) is 35.3 Å². The lowest BCUT2D eigenvalue weighted by Gasteiger charge is -2.46. The van der Waals surface area contributed by atoms with E-state index in [1.807, 2.05) is 17.5 Å². The number of hydrogen-bond acceptors (Lipinski definition) is 6. The van der Waals surface area contributed by atoms with Gasteiger partial charge in [-0.05, 0) is 67.4 Å². The van der Waals surface area contributed by atoms with Gasteiger partial charge in [0.1, 0.15) is 10.7 Å². The first-order valence-electron chi connectivity index (χ1n) is 11.2. The number of fused-ring (bicyclic) bond motifs is 4. The number of carboxylic acids is 1. The van der Waals surface area contributed by atoms with E-state index in [0.29, 0.717) is 34.5 Å². The number of H-pyrrole nitrogens is 1. The van der Waals surface area contributed by atoms with E-state index >= 15 is 0 Å². The molecule has 4 aromatic rings. The van der Waals surface area contributed by atoms with E-state index in [-0.39, 0.29) is 17.8 Å². The van der Waals surface area contributed by atoms with Crippen LogP contribution in [0.3, 0.4) is 0 Å². The van der Waals surface area contributed by atoms with Gasteiger partial charge in [0.2, 0.25) is 0 Å². The van der Waals surface area contributed by atoms with Gasteiger partial charge in [0.25, 0.3) is 0 Å². The average Bonchev–Trinajstić information content (AvgIpc) is 3.49. The van der Waals surface area contributed by atoms with Gasteiger partial charge in [-0.2, -0.15) is 11.3 Å². The Hall–Kier alpha value is -2.84. The summed E-state index contributed by atoms with van der Waals surface area (Å²) in [5, 5.41) is 14.4. The molecule has 0 amide bonds. The number of halogens is 1. The van der Waals surface area contributed by atoms with Gasteiger partial charge in [0, 0.05) is 22.8 Å². The van der Waals surface area contributed by atoms with Crippen molar-refractivity contribution in [3.8, 4) is 22.6 Å². The van der Waals surface area contributed by atoms with Crippen LogP contribution in [0.5, 0.6) is 0 Å². The fraction of sp³-hybridized carbons (Fsp3) is 0.375. The second-order valence-corrected chi connectivity index (χ2v) is 10.2. The Morgan fingerprint density at radius 3 is 2.76 bits per heavy atom. The third-order valence-electron chi connectivity index (χ3n) is 7.31. The molecule has 3 aliphatic rings. The maximum Gasteiger partial charge on any atom is 0.307 e. The maximum atomic E-state index is 12.2. The summed E-state index contributed by atoms with van der Waals surface area (Å²) in [5.41, 5.74) is 4.70. The molecule has 3 saturated carbocycles. The van der Waals surface area contributed by atoms with Crippen molar-refractivity contribution in [2.75, 3.05) is 0 Å². The molecule has 0 spiro atoms. The quantitative estimate of drug-likeness (QED) is 0.393. The van der Waals surface area contributed by atoms with E-state index in [0.717, 1.165) is 48.2 Å². The van der Waals surface area contributed by atoms with Crippen LogP contribution in [0, 0.1) is 23.7 Å². The minimum Gasteiger partial charge on any atom is -0.481 e. The monoisotopic (exact) mass is 479 g/mol. The normalized spacial score (nSPS) is 24.4. The van der Waals surface area contributed by atoms with Crippen LogP contribution in [-0.2, 0) is 11.2 Å². The van der Waals surface area contributed by atoms with Gasteiger partial charge >= 0.3 is 5.97 Å². The van der Waals surface area contributed by atoms with Crippen molar-refractivity contribution in [3.63, 3.8) is 0 Å². The lowest BCUT2D eigenvalue weighted by molar-refractivity contribution is -0.152. The smallest absolute Gasteiger partial charge is 0.307 e. The van der Waals surface area contributed by atoms with Crippen LogP contribution in [0.2, 0.25) is 5.15 Å². The van der Waals surface area contributed by atoms with E-state index in [4.69, 9.17) is 21.6 Å². The van der Waals surface area contributed by atoms with Gasteiger partial charge in [-0.1, -0.05) is 11.6 Å². The second-order valence-electron chi connectivity index (χ2n) is 9.08. The van der Waals surface area contributed by atoms with E-state index in [1.54, 1.807) is 17.5 Å². The molecule has 0 saturated heterocycles. The van der Waals surface area contributed by atoms with Crippen molar-refractivity contribution >= 4 is 40.1 Å². The van der Waals surface area contributed by atoms with Crippen molar-refractivity contribution in [1.29, 1.82) is 0 Å². The molecule has 4 heterocycles. The number of carbonyl (C=O) groups is 1. The Bertz CT molecular complexity index is 1330. The molecule has 2 atom stereocenters. The van der Waals surface area contributed by atoms with Crippen LogP contribution >= 0.6 is 22.9 Å². The predicted octanol–water partition coefficient (Wildman–Crippen LogP) is 5.48. The van der Waals surface area contributed by atoms with Gasteiger partial charge in [-0.25, -0.2) is 19.9 Å². The van der Waals surface area contributed by atoms with Crippen molar-refractivity contribution in [3.05, 3.63) is 46.1 Å². The topological polar surface area (TPSA) is 105 Å². The van der Waals surface area contributed by atoms with Crippen molar-refractivity contribution < 1.29 is 9.90 Å². The highest BCUT2D eigenvalue weighted by Gasteiger charge is 2.47. The Morgan fingerprint density at radius 2 is 2.00 bits per heavy atom. The zero-order valence-corrected chi connectivity index (χ0v) is 19.3. The number of carboxylic acid groups (broad SMARTS) is 1. The second kappa shape index (κ2) is 8.18. The summed E-state index contributed by atoms with van der Waals surface area (Å²) in [5.74, 6) is 0.411. The first kappa shape index (κ1) is 20.7. The lowest BCUT2D eigenvalue weighted by atomic mass is 9.57. The molecule has 4 aromatic heterocycles. The number of aromatic nitrogens is 5. The van der Waals surface area contributed by atoms with Crippen molar-refractivity contribution in [2.45, 2.75) is 32.1 Å². The minimum absolute atomic E-state index is 0.102. The zero-order chi connectivity index (χ0) is 22.5. The predicted molar refractivity (Wildman–Crippen MR) is 127 cm³/mol. The van der Waals surface area contributed by atoms with Crippen LogP contribution in [0.1, 0.15) is 31.4 Å². The molecule has 33 heavy (non-hydrogen) atoms. The lowest BCUT2D eigenvalue weighted by Crippen LogP contribution is -2.45. The fourth-order valence-corrected chi connectivity index (χ4v) is 6.60. The summed E-state index contributed by atoms with van der Waals surface area (Å²) in [6, 6.07) is 4.05. The van der Waals surface area contributed by atoms with Gasteiger partial charge in [-0.15, -0.1) is 0 Å². The van der Waals surface area contributed by atoms with E-state index in [2.05, 4.69) is 20.3 Å². The van der Waals surface area contributed by atoms with E-state index in [9.17, 15) is 9.90 Å². The Kier molecular flexibility index (Phi) is 5.14. The first-order chi connectivity index (χ1) is 16.1. The highest BCUT2D eigenvalue weighted by Crippen LogP contribution is 2.50. The molecule has 9 heteroatoms. The first-order valence-corrected chi connectivity index (χ1v) is 12.5. The molecule has 0 unspecified atom stereocenters. The molecule has 2 bridgehead atoms. The average molecular weight is 480 g/mol. The summed E-state index contributed by atoms with van der Waals surface area (Å²) in [6.07, 6.45) is 8.24. The number of aliphatic carboxylic acids is 1. The third kappa shape index (κ3) is 3.71. The number of nitrogens with one attached hydrogen (secondary N) is 1. The standard InChI is InChI=1S/C24H22ClN5O2S/c25-19-10-27-23-21(30-19)17(9-26-23)22-28-15(8-18(29-22)14-5-6-33-11-14)7-16-12-1-3-13(4-2-12)20(16)24(31)32/h5-6,8-13,16,20H,1-4,7H2,(H,26,27)(H,31,32)/t12?,13?,16-,20-/m0/s1. The van der Waals surface area contributed by atoms with Crippen LogP contribution < -0.4 is 0 Å². The summed E-state index contributed by atoms with van der Waals surface area (Å²) >= 11 is 7.72. The molecular formula is C24H22ClN5O2S. The van der Waals surface area contributed by atoms with Gasteiger partial charge < -0.3 is 10.1 Å². The fourth-order valence-electron chi connectivity index (χ4n) is 5.82. The van der Waals surface area contributed by atoms with Gasteiger partial charge in [0.15, 0.2) is 11.5 Å². The molecule has 3 fully saturated rings. The van der Waals surface area contributed by atoms with Gasteiger partial charge in [0.05, 0.1) is 23.4 Å². The number of aromatic amines is 1. The number of nitrogens with zero attached hydrogens (tertiary/aromatic N) is 4. The molecule has 168 valence electrons. The Morgan fingerprint density at radius 1 is 1.18 bits per heavy atom. The number of hydrogen-bond donors (Lipinski definition) is 2. The van der Waals surface area contributed by atoms with Crippen LogP contribution in [0.25, 0.3) is 33.8 Å².